The molecule has 2 amide bonds. The zero-order valence-electron chi connectivity index (χ0n) is 17.9. The molecule has 3 rings (SSSR count). The summed E-state index contributed by atoms with van der Waals surface area (Å²) < 4.78 is 10.7. The van der Waals surface area contributed by atoms with Gasteiger partial charge in [0, 0.05) is 5.69 Å². The van der Waals surface area contributed by atoms with Gasteiger partial charge in [0.05, 0.1) is 12.2 Å². The summed E-state index contributed by atoms with van der Waals surface area (Å²) in [6.07, 6.45) is -0.844. The number of amides is 2. The molecule has 1 atom stereocenters. The van der Waals surface area contributed by atoms with Crippen LogP contribution in [0.2, 0.25) is 0 Å². The van der Waals surface area contributed by atoms with Gasteiger partial charge in [0.2, 0.25) is 0 Å². The molecule has 0 aliphatic heterocycles. The Bertz CT molecular complexity index is 1140. The van der Waals surface area contributed by atoms with Crippen LogP contribution in [0.4, 0.5) is 0 Å². The molecule has 0 radical (unpaired) electrons. The highest BCUT2D eigenvalue weighted by atomic mass is 16.5. The van der Waals surface area contributed by atoms with Gasteiger partial charge < -0.3 is 14.5 Å². The second-order valence-electron chi connectivity index (χ2n) is 7.06. The maximum Gasteiger partial charge on any atom is 0.340 e. The van der Waals surface area contributed by atoms with Gasteiger partial charge in [0.1, 0.15) is 11.4 Å². The fraction of sp³-hybridized carbons (Fsp3) is 0.261. The number of fused-ring (bicyclic) bond motifs is 1. The number of esters is 1. The van der Waals surface area contributed by atoms with Crippen LogP contribution in [0.25, 0.3) is 10.8 Å². The number of hydrazine groups is 1. The van der Waals surface area contributed by atoms with Crippen molar-refractivity contribution in [2.45, 2.75) is 33.8 Å². The molecule has 1 unspecified atom stereocenters. The molecule has 0 bridgehead atoms. The van der Waals surface area contributed by atoms with E-state index < -0.39 is 23.9 Å². The monoisotopic (exact) mass is 423 g/mol. The fourth-order valence-electron chi connectivity index (χ4n) is 3.27. The molecule has 0 fully saturated rings. The molecule has 0 spiro atoms. The number of rotatable bonds is 6. The molecule has 8 nitrogen and oxygen atoms in total. The van der Waals surface area contributed by atoms with Crippen molar-refractivity contribution in [2.75, 3.05) is 6.61 Å². The van der Waals surface area contributed by atoms with Crippen LogP contribution in [0.3, 0.4) is 0 Å². The van der Waals surface area contributed by atoms with Crippen LogP contribution in [-0.2, 0) is 9.53 Å². The summed E-state index contributed by atoms with van der Waals surface area (Å²) in [6.45, 7) is 6.83. The van der Waals surface area contributed by atoms with Gasteiger partial charge in [-0.1, -0.05) is 30.3 Å². The molecular weight excluding hydrogens is 398 g/mol. The number of nitrogens with one attached hydrogen (secondary N) is 3. The van der Waals surface area contributed by atoms with Crippen molar-refractivity contribution in [3.63, 3.8) is 0 Å². The fourth-order valence-corrected chi connectivity index (χ4v) is 3.27. The van der Waals surface area contributed by atoms with Crippen molar-refractivity contribution >= 4 is 28.6 Å². The zero-order valence-corrected chi connectivity index (χ0v) is 17.9. The van der Waals surface area contributed by atoms with Crippen molar-refractivity contribution in [3.8, 4) is 5.75 Å². The lowest BCUT2D eigenvalue weighted by molar-refractivity contribution is -0.128. The van der Waals surface area contributed by atoms with Crippen LogP contribution in [0.5, 0.6) is 5.75 Å². The second-order valence-corrected chi connectivity index (χ2v) is 7.06. The Kier molecular flexibility index (Phi) is 6.59. The van der Waals surface area contributed by atoms with Crippen molar-refractivity contribution in [1.82, 2.24) is 15.8 Å². The second kappa shape index (κ2) is 9.34. The normalized spacial score (nSPS) is 11.6. The molecule has 0 saturated heterocycles. The molecule has 2 aromatic carbocycles. The van der Waals surface area contributed by atoms with Gasteiger partial charge in [-0.3, -0.25) is 20.4 Å². The minimum absolute atomic E-state index is 0.170. The van der Waals surface area contributed by atoms with E-state index >= 15 is 0 Å². The van der Waals surface area contributed by atoms with Gasteiger partial charge in [-0.05, 0) is 56.2 Å². The van der Waals surface area contributed by atoms with Crippen LogP contribution in [0.1, 0.15) is 46.0 Å². The molecule has 0 aliphatic carbocycles. The van der Waals surface area contributed by atoms with Crippen molar-refractivity contribution in [1.29, 1.82) is 0 Å². The number of aromatic amines is 1. The van der Waals surface area contributed by atoms with E-state index in [2.05, 4.69) is 15.8 Å². The third-order valence-corrected chi connectivity index (χ3v) is 4.85. The van der Waals surface area contributed by atoms with Crippen molar-refractivity contribution < 1.29 is 23.9 Å². The summed E-state index contributed by atoms with van der Waals surface area (Å²) in [5.74, 6) is -1.06. The van der Waals surface area contributed by atoms with Crippen molar-refractivity contribution in [3.05, 3.63) is 65.0 Å². The maximum absolute atomic E-state index is 12.5. The standard InChI is InChI=1S/C23H25N3O5/c1-5-30-23(29)19-13(2)20(24-14(19)3)22(28)26-25-21(27)15(4)31-18-11-10-16-8-6-7-9-17(16)12-18/h6-12,15,24H,5H2,1-4H3,(H,25,27)(H,26,28). The molecule has 1 heterocycles. The molecule has 31 heavy (non-hydrogen) atoms. The summed E-state index contributed by atoms with van der Waals surface area (Å²) >= 11 is 0. The minimum atomic E-state index is -0.844. The SMILES string of the molecule is CCOC(=O)c1c(C)[nH]c(C(=O)NNC(=O)C(C)Oc2ccc3ccccc3c2)c1C. The van der Waals surface area contributed by atoms with Crippen LogP contribution < -0.4 is 15.6 Å². The smallest absolute Gasteiger partial charge is 0.340 e. The Hall–Kier alpha value is -3.81. The molecule has 8 heteroatoms. The first-order chi connectivity index (χ1) is 14.8. The highest BCUT2D eigenvalue weighted by Crippen LogP contribution is 2.21. The van der Waals surface area contributed by atoms with E-state index in [1.54, 1.807) is 33.8 Å². The number of ether oxygens (including phenoxy) is 2. The molecule has 3 N–H and O–H groups in total. The largest absolute Gasteiger partial charge is 0.481 e. The zero-order chi connectivity index (χ0) is 22.5. The Morgan fingerprint density at radius 1 is 1.03 bits per heavy atom. The van der Waals surface area contributed by atoms with Gasteiger partial charge in [0.15, 0.2) is 6.10 Å². The number of hydrogen-bond donors (Lipinski definition) is 3. The van der Waals surface area contributed by atoms with E-state index in [0.717, 1.165) is 10.8 Å². The first-order valence-electron chi connectivity index (χ1n) is 9.93. The van der Waals surface area contributed by atoms with E-state index in [0.29, 0.717) is 22.6 Å². The summed E-state index contributed by atoms with van der Waals surface area (Å²) in [5, 5.41) is 2.06. The summed E-state index contributed by atoms with van der Waals surface area (Å²) in [7, 11) is 0. The number of carbonyl (C=O) groups is 3. The van der Waals surface area contributed by atoms with Gasteiger partial charge in [-0.15, -0.1) is 0 Å². The number of aryl methyl sites for hydroxylation is 1. The minimum Gasteiger partial charge on any atom is -0.481 e. The predicted octanol–water partition coefficient (Wildman–Crippen LogP) is 3.19. The average molecular weight is 423 g/mol. The van der Waals surface area contributed by atoms with E-state index in [1.165, 1.54) is 0 Å². The van der Waals surface area contributed by atoms with Crippen LogP contribution >= 0.6 is 0 Å². The molecular formula is C23H25N3O5. The molecule has 0 saturated carbocycles. The first-order valence-corrected chi connectivity index (χ1v) is 9.93. The van der Waals surface area contributed by atoms with Crippen LogP contribution in [-0.4, -0.2) is 35.5 Å². The predicted molar refractivity (Wildman–Crippen MR) is 116 cm³/mol. The highest BCUT2D eigenvalue weighted by molar-refractivity contribution is 6.01. The van der Waals surface area contributed by atoms with Gasteiger partial charge >= 0.3 is 5.97 Å². The van der Waals surface area contributed by atoms with Gasteiger partial charge in [0.25, 0.3) is 11.8 Å². The lowest BCUT2D eigenvalue weighted by atomic mass is 10.1. The van der Waals surface area contributed by atoms with E-state index in [4.69, 9.17) is 9.47 Å². The van der Waals surface area contributed by atoms with Crippen LogP contribution in [0, 0.1) is 13.8 Å². The summed E-state index contributed by atoms with van der Waals surface area (Å²) in [5.41, 5.74) is 6.14. The quantitative estimate of drug-likeness (QED) is 0.417. The van der Waals surface area contributed by atoms with E-state index in [1.807, 2.05) is 36.4 Å². The third-order valence-electron chi connectivity index (χ3n) is 4.85. The number of carbonyl (C=O) groups excluding carboxylic acids is 3. The number of H-pyrrole nitrogens is 1. The lowest BCUT2D eigenvalue weighted by Gasteiger charge is -2.15. The van der Waals surface area contributed by atoms with Gasteiger partial charge in [-0.2, -0.15) is 0 Å². The molecule has 0 aliphatic rings. The van der Waals surface area contributed by atoms with E-state index in [-0.39, 0.29) is 12.3 Å². The van der Waals surface area contributed by atoms with E-state index in [9.17, 15) is 14.4 Å². The molecule has 3 aromatic rings. The number of benzene rings is 2. The maximum atomic E-state index is 12.5. The Balaban J connectivity index is 1.61. The Morgan fingerprint density at radius 2 is 1.74 bits per heavy atom. The Labute approximate surface area is 179 Å². The number of hydrogen-bond acceptors (Lipinski definition) is 5. The lowest BCUT2D eigenvalue weighted by Crippen LogP contribution is -2.47. The molecule has 1 aromatic heterocycles. The average Bonchev–Trinajstić information content (AvgIpc) is 3.05. The number of aromatic nitrogens is 1. The van der Waals surface area contributed by atoms with Crippen molar-refractivity contribution in [2.24, 2.45) is 0 Å². The summed E-state index contributed by atoms with van der Waals surface area (Å²) in [4.78, 5) is 39.8. The van der Waals surface area contributed by atoms with Gasteiger partial charge in [-0.25, -0.2) is 4.79 Å². The van der Waals surface area contributed by atoms with Crippen LogP contribution in [0.15, 0.2) is 42.5 Å². The molecule has 162 valence electrons. The topological polar surface area (TPSA) is 110 Å². The third kappa shape index (κ3) is 4.85. The Morgan fingerprint density at radius 3 is 2.45 bits per heavy atom. The summed E-state index contributed by atoms with van der Waals surface area (Å²) in [6, 6.07) is 13.4. The highest BCUT2D eigenvalue weighted by Gasteiger charge is 2.23. The first kappa shape index (κ1) is 21.9.